The second-order valence-corrected chi connectivity index (χ2v) is 5.80. The van der Waals surface area contributed by atoms with Crippen LogP contribution in [-0.4, -0.2) is 23.8 Å². The number of aliphatic hydroxyl groups is 1. The van der Waals surface area contributed by atoms with Crippen LogP contribution in [0.25, 0.3) is 0 Å². The standard InChI is InChI=1S/C12H23NO/c1-11(2)6-3-7-12(11,9-14)13-8-10-4-5-10/h10,13-14H,3-9H2,1-2H3. The summed E-state index contributed by atoms with van der Waals surface area (Å²) in [6.07, 6.45) is 6.41. The Bertz CT molecular complexity index is 210. The maximum absolute atomic E-state index is 9.62. The first-order valence-corrected chi connectivity index (χ1v) is 5.96. The Morgan fingerprint density at radius 1 is 1.29 bits per heavy atom. The minimum absolute atomic E-state index is 0.00951. The van der Waals surface area contributed by atoms with Crippen LogP contribution in [-0.2, 0) is 0 Å². The van der Waals surface area contributed by atoms with Gasteiger partial charge in [-0.15, -0.1) is 0 Å². The normalized spacial score (nSPS) is 36.2. The SMILES string of the molecule is CC1(C)CCCC1(CO)NCC1CC1. The van der Waals surface area contributed by atoms with E-state index in [1.807, 2.05) is 0 Å². The van der Waals surface area contributed by atoms with Gasteiger partial charge in [0, 0.05) is 5.54 Å². The Balaban J connectivity index is 1.99. The van der Waals surface area contributed by atoms with Crippen LogP contribution in [0.1, 0.15) is 46.0 Å². The fraction of sp³-hybridized carbons (Fsp3) is 1.00. The van der Waals surface area contributed by atoms with Crippen molar-refractivity contribution in [3.63, 3.8) is 0 Å². The Kier molecular flexibility index (Phi) is 2.61. The van der Waals surface area contributed by atoms with E-state index < -0.39 is 0 Å². The summed E-state index contributed by atoms with van der Waals surface area (Å²) in [4.78, 5) is 0. The molecule has 1 unspecified atom stereocenters. The van der Waals surface area contributed by atoms with Gasteiger partial charge in [-0.25, -0.2) is 0 Å². The molecule has 0 aliphatic heterocycles. The predicted octanol–water partition coefficient (Wildman–Crippen LogP) is 1.93. The molecule has 0 saturated heterocycles. The van der Waals surface area contributed by atoms with E-state index in [1.54, 1.807) is 0 Å². The molecule has 0 aromatic heterocycles. The van der Waals surface area contributed by atoms with Crippen molar-refractivity contribution in [2.45, 2.75) is 51.5 Å². The minimum Gasteiger partial charge on any atom is -0.394 e. The number of rotatable bonds is 4. The number of hydrogen-bond donors (Lipinski definition) is 2. The van der Waals surface area contributed by atoms with Crippen LogP contribution >= 0.6 is 0 Å². The van der Waals surface area contributed by atoms with Gasteiger partial charge in [-0.1, -0.05) is 20.3 Å². The molecular formula is C12H23NO. The molecule has 82 valence electrons. The molecule has 1 atom stereocenters. The topological polar surface area (TPSA) is 32.3 Å². The number of aliphatic hydroxyl groups excluding tert-OH is 1. The Hall–Kier alpha value is -0.0800. The fourth-order valence-corrected chi connectivity index (χ4v) is 2.75. The van der Waals surface area contributed by atoms with E-state index in [4.69, 9.17) is 0 Å². The Morgan fingerprint density at radius 3 is 2.43 bits per heavy atom. The maximum Gasteiger partial charge on any atom is 0.0618 e. The van der Waals surface area contributed by atoms with Crippen LogP contribution in [0.2, 0.25) is 0 Å². The van der Waals surface area contributed by atoms with Gasteiger partial charge in [0.1, 0.15) is 0 Å². The van der Waals surface area contributed by atoms with Crippen molar-refractivity contribution in [3.8, 4) is 0 Å². The second-order valence-electron chi connectivity index (χ2n) is 5.80. The first-order chi connectivity index (χ1) is 6.60. The quantitative estimate of drug-likeness (QED) is 0.722. The molecule has 2 aliphatic rings. The summed E-state index contributed by atoms with van der Waals surface area (Å²) in [7, 11) is 0. The molecular weight excluding hydrogens is 174 g/mol. The monoisotopic (exact) mass is 197 g/mol. The summed E-state index contributed by atoms with van der Waals surface area (Å²) in [5.41, 5.74) is 0.270. The van der Waals surface area contributed by atoms with Crippen LogP contribution in [0.3, 0.4) is 0 Å². The first-order valence-electron chi connectivity index (χ1n) is 5.96. The molecule has 2 nitrogen and oxygen atoms in total. The molecule has 2 aliphatic carbocycles. The predicted molar refractivity (Wildman–Crippen MR) is 58.2 cm³/mol. The van der Waals surface area contributed by atoms with Crippen molar-refractivity contribution in [1.82, 2.24) is 5.32 Å². The van der Waals surface area contributed by atoms with Gasteiger partial charge in [-0.05, 0) is 43.6 Å². The zero-order valence-electron chi connectivity index (χ0n) is 9.47. The van der Waals surface area contributed by atoms with Crippen LogP contribution in [0, 0.1) is 11.3 Å². The molecule has 2 rings (SSSR count). The molecule has 2 N–H and O–H groups in total. The van der Waals surface area contributed by atoms with Gasteiger partial charge >= 0.3 is 0 Å². The lowest BCUT2D eigenvalue weighted by atomic mass is 9.75. The summed E-state index contributed by atoms with van der Waals surface area (Å²) in [6, 6.07) is 0. The van der Waals surface area contributed by atoms with Crippen molar-refractivity contribution in [2.75, 3.05) is 13.2 Å². The van der Waals surface area contributed by atoms with E-state index in [-0.39, 0.29) is 11.0 Å². The zero-order valence-corrected chi connectivity index (χ0v) is 9.47. The van der Waals surface area contributed by atoms with Crippen molar-refractivity contribution < 1.29 is 5.11 Å². The van der Waals surface area contributed by atoms with Gasteiger partial charge in [-0.2, -0.15) is 0 Å². The van der Waals surface area contributed by atoms with Gasteiger partial charge in [0.15, 0.2) is 0 Å². The van der Waals surface area contributed by atoms with E-state index >= 15 is 0 Å². The Morgan fingerprint density at radius 2 is 2.00 bits per heavy atom. The summed E-state index contributed by atoms with van der Waals surface area (Å²) < 4.78 is 0. The van der Waals surface area contributed by atoms with Gasteiger partial charge in [0.25, 0.3) is 0 Å². The summed E-state index contributed by atoms with van der Waals surface area (Å²) in [5.74, 6) is 0.898. The summed E-state index contributed by atoms with van der Waals surface area (Å²) >= 11 is 0. The minimum atomic E-state index is 0.00951. The van der Waals surface area contributed by atoms with Crippen LogP contribution in [0.5, 0.6) is 0 Å². The van der Waals surface area contributed by atoms with Crippen molar-refractivity contribution >= 4 is 0 Å². The van der Waals surface area contributed by atoms with E-state index in [9.17, 15) is 5.11 Å². The van der Waals surface area contributed by atoms with Gasteiger partial charge in [0.05, 0.1) is 6.61 Å². The molecule has 2 saturated carbocycles. The zero-order chi connectivity index (χ0) is 10.2. The molecule has 0 aromatic rings. The van der Waals surface area contributed by atoms with Crippen molar-refractivity contribution in [1.29, 1.82) is 0 Å². The third-order valence-corrected chi connectivity index (χ3v) is 4.40. The van der Waals surface area contributed by atoms with Gasteiger partial charge in [0.2, 0.25) is 0 Å². The maximum atomic E-state index is 9.62. The molecule has 2 fully saturated rings. The number of nitrogens with one attached hydrogen (secondary N) is 1. The summed E-state index contributed by atoms with van der Waals surface area (Å²) in [5, 5.41) is 13.3. The average molecular weight is 197 g/mol. The third-order valence-electron chi connectivity index (χ3n) is 4.40. The van der Waals surface area contributed by atoms with E-state index in [2.05, 4.69) is 19.2 Å². The summed E-state index contributed by atoms with van der Waals surface area (Å²) in [6.45, 7) is 5.99. The smallest absolute Gasteiger partial charge is 0.0618 e. The highest BCUT2D eigenvalue weighted by Crippen LogP contribution is 2.46. The van der Waals surface area contributed by atoms with Crippen molar-refractivity contribution in [2.24, 2.45) is 11.3 Å². The first kappa shape index (κ1) is 10.4. The van der Waals surface area contributed by atoms with Gasteiger partial charge in [-0.3, -0.25) is 0 Å². The molecule has 0 amide bonds. The van der Waals surface area contributed by atoms with E-state index in [0.717, 1.165) is 18.9 Å². The highest BCUT2D eigenvalue weighted by atomic mass is 16.3. The van der Waals surface area contributed by atoms with Crippen LogP contribution in [0.4, 0.5) is 0 Å². The average Bonchev–Trinajstić information content (AvgIpc) is 2.90. The second kappa shape index (κ2) is 3.49. The number of hydrogen-bond acceptors (Lipinski definition) is 2. The molecule has 2 heteroatoms. The lowest BCUT2D eigenvalue weighted by Crippen LogP contribution is -2.56. The van der Waals surface area contributed by atoms with Gasteiger partial charge < -0.3 is 10.4 Å². The molecule has 14 heavy (non-hydrogen) atoms. The van der Waals surface area contributed by atoms with E-state index in [1.165, 1.54) is 25.7 Å². The third kappa shape index (κ3) is 1.70. The molecule has 0 radical (unpaired) electrons. The van der Waals surface area contributed by atoms with Crippen LogP contribution < -0.4 is 5.32 Å². The van der Waals surface area contributed by atoms with Crippen molar-refractivity contribution in [3.05, 3.63) is 0 Å². The highest BCUT2D eigenvalue weighted by Gasteiger charge is 2.48. The fourth-order valence-electron chi connectivity index (χ4n) is 2.75. The molecule has 0 aromatic carbocycles. The molecule has 0 spiro atoms. The highest BCUT2D eigenvalue weighted by molar-refractivity contribution is 5.05. The van der Waals surface area contributed by atoms with Crippen LogP contribution in [0.15, 0.2) is 0 Å². The largest absolute Gasteiger partial charge is 0.394 e. The lowest BCUT2D eigenvalue weighted by molar-refractivity contribution is 0.0743. The Labute approximate surface area is 87.1 Å². The lowest BCUT2D eigenvalue weighted by Gasteiger charge is -2.41. The molecule has 0 bridgehead atoms. The van der Waals surface area contributed by atoms with E-state index in [0.29, 0.717) is 6.61 Å². The molecule has 0 heterocycles.